The number of nitrogens with one attached hydrogen (secondary N) is 1. The SMILES string of the molecule is CC/C=C\C/C=C\C/C=C\C/C=C\C/C=C\CCCC(=O)OC(CCCCCCC/C=C/CCCCCCCC)CC(=O)NC(CO)C(O)CCCCCCCCCCC. The summed E-state index contributed by atoms with van der Waals surface area (Å²) in [6.07, 6.45) is 59.7. The van der Waals surface area contributed by atoms with E-state index in [9.17, 15) is 19.8 Å². The van der Waals surface area contributed by atoms with Gasteiger partial charge in [0.2, 0.25) is 5.91 Å². The van der Waals surface area contributed by atoms with Crippen molar-refractivity contribution in [3.8, 4) is 0 Å². The summed E-state index contributed by atoms with van der Waals surface area (Å²) in [6, 6.07) is -0.716. The quantitative estimate of drug-likeness (QED) is 0.0323. The minimum absolute atomic E-state index is 0.0468. The fraction of sp³-hybridized carbons (Fsp3) is 0.741. The standard InChI is InChI=1S/C54H95NO5/c1-4-7-10-13-16-19-21-23-25-26-28-30-32-35-38-41-44-47-54(59)60-50(45-42-39-36-34-31-29-27-24-22-20-17-14-11-8-5-2)48-53(58)55-51(49-56)52(57)46-43-40-37-33-18-15-12-9-6-3/h7,10,16,19,23-25,27-28,30,35,38,50-52,56-57H,4-6,8-9,11-15,17-18,20-22,26,29,31-34,36-37,39-49H2,1-3H3,(H,55,58)/b10-7-,19-16-,25-23-,27-24+,30-28-,38-35-. The third-order valence-electron chi connectivity index (χ3n) is 11.0. The van der Waals surface area contributed by atoms with Gasteiger partial charge in [0, 0.05) is 6.42 Å². The molecule has 0 rings (SSSR count). The van der Waals surface area contributed by atoms with Crippen molar-refractivity contribution < 1.29 is 24.5 Å². The van der Waals surface area contributed by atoms with Crippen LogP contribution in [0.1, 0.15) is 233 Å². The van der Waals surface area contributed by atoms with Crippen LogP contribution in [0, 0.1) is 0 Å². The van der Waals surface area contributed by atoms with Crippen LogP contribution in [0.3, 0.4) is 0 Å². The van der Waals surface area contributed by atoms with E-state index in [1.807, 2.05) is 0 Å². The van der Waals surface area contributed by atoms with Gasteiger partial charge in [-0.15, -0.1) is 0 Å². The van der Waals surface area contributed by atoms with Crippen LogP contribution < -0.4 is 5.32 Å². The van der Waals surface area contributed by atoms with Gasteiger partial charge >= 0.3 is 5.97 Å². The minimum atomic E-state index is -0.800. The number of carbonyl (C=O) groups excluding carboxylic acids is 2. The molecule has 3 atom stereocenters. The Labute approximate surface area is 371 Å². The van der Waals surface area contributed by atoms with E-state index in [4.69, 9.17) is 4.74 Å². The Morgan fingerprint density at radius 1 is 0.500 bits per heavy atom. The number of hydrogen-bond donors (Lipinski definition) is 3. The normalized spacial score (nSPS) is 13.9. The first kappa shape index (κ1) is 57.3. The predicted molar refractivity (Wildman–Crippen MR) is 259 cm³/mol. The molecule has 0 aliphatic carbocycles. The second-order valence-corrected chi connectivity index (χ2v) is 16.8. The highest BCUT2D eigenvalue weighted by molar-refractivity contribution is 5.77. The number of allylic oxidation sites excluding steroid dienone is 12. The Hall–Kier alpha value is -2.70. The Kier molecular flexibility index (Phi) is 45.2. The van der Waals surface area contributed by atoms with Crippen molar-refractivity contribution in [2.45, 2.75) is 251 Å². The molecule has 0 aromatic carbocycles. The molecule has 0 aliphatic heterocycles. The maximum absolute atomic E-state index is 13.2. The molecule has 0 saturated heterocycles. The zero-order chi connectivity index (χ0) is 43.8. The molecule has 1 amide bonds. The van der Waals surface area contributed by atoms with Gasteiger partial charge in [0.25, 0.3) is 0 Å². The maximum atomic E-state index is 13.2. The number of hydrogen-bond acceptors (Lipinski definition) is 5. The molecule has 0 aliphatic rings. The van der Waals surface area contributed by atoms with Crippen LogP contribution in [0.2, 0.25) is 0 Å². The average Bonchev–Trinajstić information content (AvgIpc) is 3.24. The summed E-state index contributed by atoms with van der Waals surface area (Å²) in [5, 5.41) is 23.6. The Balaban J connectivity index is 4.70. The summed E-state index contributed by atoms with van der Waals surface area (Å²) in [4.78, 5) is 26.1. The van der Waals surface area contributed by atoms with Crippen molar-refractivity contribution in [3.63, 3.8) is 0 Å². The zero-order valence-corrected chi connectivity index (χ0v) is 39.3. The lowest BCUT2D eigenvalue weighted by Crippen LogP contribution is -2.46. The van der Waals surface area contributed by atoms with Crippen molar-refractivity contribution in [2.75, 3.05) is 6.61 Å². The van der Waals surface area contributed by atoms with E-state index in [0.29, 0.717) is 25.7 Å². The largest absolute Gasteiger partial charge is 0.462 e. The number of ether oxygens (including phenoxy) is 1. The van der Waals surface area contributed by atoms with E-state index in [-0.39, 0.29) is 24.9 Å². The molecule has 3 unspecified atom stereocenters. The number of carbonyl (C=O) groups is 2. The molecule has 0 spiro atoms. The lowest BCUT2D eigenvalue weighted by Gasteiger charge is -2.24. The van der Waals surface area contributed by atoms with Crippen molar-refractivity contribution in [1.29, 1.82) is 0 Å². The van der Waals surface area contributed by atoms with Gasteiger partial charge in [-0.1, -0.05) is 203 Å². The van der Waals surface area contributed by atoms with Crippen LogP contribution in [0.5, 0.6) is 0 Å². The highest BCUT2D eigenvalue weighted by Crippen LogP contribution is 2.17. The fourth-order valence-electron chi connectivity index (χ4n) is 7.22. The molecule has 0 bridgehead atoms. The zero-order valence-electron chi connectivity index (χ0n) is 39.3. The first-order valence-electron chi connectivity index (χ1n) is 25.2. The van der Waals surface area contributed by atoms with Gasteiger partial charge < -0.3 is 20.3 Å². The highest BCUT2D eigenvalue weighted by atomic mass is 16.5. The molecule has 60 heavy (non-hydrogen) atoms. The third-order valence-corrected chi connectivity index (χ3v) is 11.0. The van der Waals surface area contributed by atoms with Crippen molar-refractivity contribution in [3.05, 3.63) is 72.9 Å². The van der Waals surface area contributed by atoms with E-state index in [2.05, 4.69) is 99.0 Å². The average molecular weight is 838 g/mol. The van der Waals surface area contributed by atoms with Crippen molar-refractivity contribution >= 4 is 11.9 Å². The van der Waals surface area contributed by atoms with Crippen LogP contribution in [0.4, 0.5) is 0 Å². The molecule has 6 heteroatoms. The first-order valence-corrected chi connectivity index (χ1v) is 25.2. The third kappa shape index (κ3) is 42.0. The summed E-state index contributed by atoms with van der Waals surface area (Å²) in [6.45, 7) is 6.33. The molecule has 0 aromatic heterocycles. The van der Waals surface area contributed by atoms with Crippen molar-refractivity contribution in [2.24, 2.45) is 0 Å². The van der Waals surface area contributed by atoms with Gasteiger partial charge in [-0.05, 0) is 89.9 Å². The van der Waals surface area contributed by atoms with Gasteiger partial charge in [-0.2, -0.15) is 0 Å². The molecule has 0 radical (unpaired) electrons. The molecule has 0 saturated carbocycles. The van der Waals surface area contributed by atoms with Crippen LogP contribution in [-0.2, 0) is 14.3 Å². The summed E-state index contributed by atoms with van der Waals surface area (Å²) >= 11 is 0. The van der Waals surface area contributed by atoms with Crippen LogP contribution in [-0.4, -0.2) is 46.9 Å². The summed E-state index contributed by atoms with van der Waals surface area (Å²) < 4.78 is 5.90. The number of esters is 1. The monoisotopic (exact) mass is 838 g/mol. The minimum Gasteiger partial charge on any atom is -0.462 e. The van der Waals surface area contributed by atoms with Crippen LogP contribution >= 0.6 is 0 Å². The van der Waals surface area contributed by atoms with Gasteiger partial charge in [-0.25, -0.2) is 0 Å². The van der Waals surface area contributed by atoms with E-state index in [1.54, 1.807) is 0 Å². The predicted octanol–water partition coefficient (Wildman–Crippen LogP) is 15.0. The summed E-state index contributed by atoms with van der Waals surface area (Å²) in [5.41, 5.74) is 0. The molecule has 0 fully saturated rings. The van der Waals surface area contributed by atoms with E-state index >= 15 is 0 Å². The lowest BCUT2D eigenvalue weighted by molar-refractivity contribution is -0.151. The molecule has 346 valence electrons. The number of amides is 1. The molecule has 0 heterocycles. The Bertz CT molecular complexity index is 1120. The molecule has 6 nitrogen and oxygen atoms in total. The van der Waals surface area contributed by atoms with E-state index in [0.717, 1.165) is 83.5 Å². The number of aliphatic hydroxyl groups is 2. The smallest absolute Gasteiger partial charge is 0.306 e. The number of aliphatic hydroxyl groups excluding tert-OH is 2. The summed E-state index contributed by atoms with van der Waals surface area (Å²) in [7, 11) is 0. The Morgan fingerprint density at radius 2 is 0.900 bits per heavy atom. The van der Waals surface area contributed by atoms with E-state index in [1.165, 1.54) is 96.3 Å². The van der Waals surface area contributed by atoms with E-state index < -0.39 is 18.2 Å². The maximum Gasteiger partial charge on any atom is 0.306 e. The number of rotatable bonds is 44. The second-order valence-electron chi connectivity index (χ2n) is 16.8. The molecule has 0 aromatic rings. The topological polar surface area (TPSA) is 95.9 Å². The molecule has 3 N–H and O–H groups in total. The van der Waals surface area contributed by atoms with Crippen LogP contribution in [0.25, 0.3) is 0 Å². The fourth-order valence-corrected chi connectivity index (χ4v) is 7.22. The van der Waals surface area contributed by atoms with Gasteiger partial charge in [0.05, 0.1) is 25.2 Å². The Morgan fingerprint density at radius 3 is 1.38 bits per heavy atom. The summed E-state index contributed by atoms with van der Waals surface area (Å²) in [5.74, 6) is -0.554. The van der Waals surface area contributed by atoms with Gasteiger partial charge in [-0.3, -0.25) is 9.59 Å². The van der Waals surface area contributed by atoms with Crippen LogP contribution in [0.15, 0.2) is 72.9 Å². The second kappa shape index (κ2) is 47.4. The first-order chi connectivity index (χ1) is 29.5. The van der Waals surface area contributed by atoms with Gasteiger partial charge in [0.1, 0.15) is 6.10 Å². The van der Waals surface area contributed by atoms with Gasteiger partial charge in [0.15, 0.2) is 0 Å². The highest BCUT2D eigenvalue weighted by Gasteiger charge is 2.24. The molecular formula is C54H95NO5. The molecular weight excluding hydrogens is 743 g/mol. The van der Waals surface area contributed by atoms with Crippen molar-refractivity contribution in [1.82, 2.24) is 5.32 Å². The lowest BCUT2D eigenvalue weighted by atomic mass is 10.0. The number of unbranched alkanes of at least 4 members (excludes halogenated alkanes) is 20.